The number of furan rings is 1. The number of ether oxygens (including phenoxy) is 1. The van der Waals surface area contributed by atoms with Crippen molar-refractivity contribution in [3.8, 4) is 17.1 Å². The maximum Gasteiger partial charge on any atom is 0.270 e. The predicted octanol–water partition coefficient (Wildman–Crippen LogP) is 4.08. The highest BCUT2D eigenvalue weighted by atomic mass is 32.2. The van der Waals surface area contributed by atoms with Gasteiger partial charge in [0.05, 0.1) is 22.5 Å². The van der Waals surface area contributed by atoms with Gasteiger partial charge in [-0.1, -0.05) is 24.0 Å². The van der Waals surface area contributed by atoms with E-state index in [0.29, 0.717) is 38.6 Å². The van der Waals surface area contributed by atoms with Crippen molar-refractivity contribution in [3.05, 3.63) is 51.1 Å². The normalized spacial score (nSPS) is 15.8. The van der Waals surface area contributed by atoms with Crippen LogP contribution in [0.2, 0.25) is 0 Å². The first-order valence-electron chi connectivity index (χ1n) is 7.62. The van der Waals surface area contributed by atoms with Crippen LogP contribution in [0.3, 0.4) is 0 Å². The number of likely N-dealkylation sites (N-methyl/N-ethyl adjacent to an activating group) is 1. The van der Waals surface area contributed by atoms with Crippen LogP contribution < -0.4 is 4.74 Å². The van der Waals surface area contributed by atoms with Crippen molar-refractivity contribution in [1.29, 1.82) is 0 Å². The number of nitro groups is 1. The highest BCUT2D eigenvalue weighted by molar-refractivity contribution is 8.26. The predicted molar refractivity (Wildman–Crippen MR) is 103 cm³/mol. The Morgan fingerprint density at radius 2 is 2.15 bits per heavy atom. The third-order valence-electron chi connectivity index (χ3n) is 3.75. The second kappa shape index (κ2) is 7.30. The van der Waals surface area contributed by atoms with E-state index in [9.17, 15) is 14.9 Å². The standard InChI is InChI=1S/C17H14N2O5S2/c1-3-18-16(20)15(26-17(18)25)9-11-5-7-14(24-11)12-8-10(19(21)22)4-6-13(12)23-2/h4-9H,3H2,1-2H3/b15-9-. The lowest BCUT2D eigenvalue weighted by molar-refractivity contribution is -0.384. The molecule has 0 radical (unpaired) electrons. The molecule has 0 saturated carbocycles. The number of hydrogen-bond acceptors (Lipinski definition) is 7. The molecule has 2 aromatic rings. The molecule has 0 bridgehead atoms. The van der Waals surface area contributed by atoms with Crippen molar-refractivity contribution >= 4 is 46.0 Å². The second-order valence-corrected chi connectivity index (χ2v) is 6.95. The van der Waals surface area contributed by atoms with Gasteiger partial charge in [0, 0.05) is 24.8 Å². The van der Waals surface area contributed by atoms with Gasteiger partial charge in [-0.2, -0.15) is 0 Å². The number of carbonyl (C=O) groups is 1. The zero-order chi connectivity index (χ0) is 18.8. The van der Waals surface area contributed by atoms with Crippen molar-refractivity contribution in [3.63, 3.8) is 0 Å². The van der Waals surface area contributed by atoms with E-state index >= 15 is 0 Å². The minimum absolute atomic E-state index is 0.0671. The summed E-state index contributed by atoms with van der Waals surface area (Å²) in [6, 6.07) is 7.63. The molecule has 1 fully saturated rings. The first-order chi connectivity index (χ1) is 12.4. The maximum absolute atomic E-state index is 12.3. The summed E-state index contributed by atoms with van der Waals surface area (Å²) >= 11 is 6.39. The Morgan fingerprint density at radius 3 is 2.77 bits per heavy atom. The molecule has 1 saturated heterocycles. The first kappa shape index (κ1) is 18.2. The largest absolute Gasteiger partial charge is 0.496 e. The van der Waals surface area contributed by atoms with E-state index in [1.165, 1.54) is 42.0 Å². The number of nitro benzene ring substituents is 1. The van der Waals surface area contributed by atoms with Crippen LogP contribution in [0, 0.1) is 10.1 Å². The fourth-order valence-electron chi connectivity index (χ4n) is 2.48. The van der Waals surface area contributed by atoms with E-state index in [1.54, 1.807) is 18.2 Å². The molecule has 0 N–H and O–H groups in total. The highest BCUT2D eigenvalue weighted by Gasteiger charge is 2.31. The minimum Gasteiger partial charge on any atom is -0.496 e. The lowest BCUT2D eigenvalue weighted by Crippen LogP contribution is -2.27. The third kappa shape index (κ3) is 3.35. The number of thioether (sulfide) groups is 1. The van der Waals surface area contributed by atoms with Crippen molar-refractivity contribution < 1.29 is 18.9 Å². The fraction of sp³-hybridized carbons (Fsp3) is 0.176. The number of hydrogen-bond donors (Lipinski definition) is 0. The highest BCUT2D eigenvalue weighted by Crippen LogP contribution is 2.36. The number of amides is 1. The van der Waals surface area contributed by atoms with Crippen LogP contribution in [0.1, 0.15) is 12.7 Å². The summed E-state index contributed by atoms with van der Waals surface area (Å²) in [7, 11) is 1.48. The summed E-state index contributed by atoms with van der Waals surface area (Å²) in [5, 5.41) is 11.0. The van der Waals surface area contributed by atoms with Crippen molar-refractivity contribution in [2.45, 2.75) is 6.92 Å². The Labute approximate surface area is 158 Å². The van der Waals surface area contributed by atoms with E-state index in [1.807, 2.05) is 6.92 Å². The first-order valence-corrected chi connectivity index (χ1v) is 8.85. The van der Waals surface area contributed by atoms with Gasteiger partial charge in [-0.05, 0) is 25.1 Å². The van der Waals surface area contributed by atoms with Crippen LogP contribution in [0.15, 0.2) is 39.7 Å². The SMILES string of the molecule is CCN1C(=O)/C(=C/c2ccc(-c3cc([N+](=O)[O-])ccc3OC)o2)SC1=S. The van der Waals surface area contributed by atoms with Gasteiger partial charge in [0.25, 0.3) is 11.6 Å². The van der Waals surface area contributed by atoms with Gasteiger partial charge in [-0.3, -0.25) is 19.8 Å². The smallest absolute Gasteiger partial charge is 0.270 e. The van der Waals surface area contributed by atoms with Gasteiger partial charge in [-0.25, -0.2) is 0 Å². The molecule has 0 spiro atoms. The average molecular weight is 390 g/mol. The molecule has 26 heavy (non-hydrogen) atoms. The van der Waals surface area contributed by atoms with Crippen molar-refractivity contribution in [2.75, 3.05) is 13.7 Å². The molecule has 0 atom stereocenters. The summed E-state index contributed by atoms with van der Waals surface area (Å²) in [5.41, 5.74) is 0.394. The van der Waals surface area contributed by atoms with Crippen LogP contribution in [-0.2, 0) is 4.79 Å². The topological polar surface area (TPSA) is 85.8 Å². The zero-order valence-electron chi connectivity index (χ0n) is 13.9. The average Bonchev–Trinajstić information content (AvgIpc) is 3.19. The molecule has 1 aliphatic rings. The zero-order valence-corrected chi connectivity index (χ0v) is 15.6. The molecule has 2 heterocycles. The third-order valence-corrected chi connectivity index (χ3v) is 5.13. The lowest BCUT2D eigenvalue weighted by atomic mass is 10.1. The number of carbonyl (C=O) groups excluding carboxylic acids is 1. The number of thiocarbonyl (C=S) groups is 1. The molecule has 0 unspecified atom stereocenters. The molecule has 134 valence electrons. The van der Waals surface area contributed by atoms with Gasteiger partial charge in [0.1, 0.15) is 21.6 Å². The van der Waals surface area contributed by atoms with Crippen LogP contribution in [0.5, 0.6) is 5.75 Å². The lowest BCUT2D eigenvalue weighted by Gasteiger charge is -2.09. The molecule has 3 rings (SSSR count). The van der Waals surface area contributed by atoms with E-state index in [2.05, 4.69) is 0 Å². The summed E-state index contributed by atoms with van der Waals surface area (Å²) in [6.45, 7) is 2.36. The molecule has 9 heteroatoms. The minimum atomic E-state index is -0.483. The second-order valence-electron chi connectivity index (χ2n) is 5.27. The van der Waals surface area contributed by atoms with Gasteiger partial charge in [-0.15, -0.1) is 0 Å². The molecule has 7 nitrogen and oxygen atoms in total. The van der Waals surface area contributed by atoms with Gasteiger partial charge in [0.15, 0.2) is 0 Å². The van der Waals surface area contributed by atoms with E-state index in [-0.39, 0.29) is 11.6 Å². The molecule has 1 aromatic heterocycles. The quantitative estimate of drug-likeness (QED) is 0.329. The van der Waals surface area contributed by atoms with Crippen LogP contribution >= 0.6 is 24.0 Å². The Kier molecular flexibility index (Phi) is 5.10. The monoisotopic (exact) mass is 390 g/mol. The number of rotatable bonds is 5. The summed E-state index contributed by atoms with van der Waals surface area (Å²) in [6.07, 6.45) is 1.61. The molecule has 1 aliphatic heterocycles. The van der Waals surface area contributed by atoms with Gasteiger partial charge >= 0.3 is 0 Å². The van der Waals surface area contributed by atoms with Crippen molar-refractivity contribution in [2.24, 2.45) is 0 Å². The summed E-state index contributed by atoms with van der Waals surface area (Å²) < 4.78 is 11.5. The van der Waals surface area contributed by atoms with Crippen LogP contribution in [0.25, 0.3) is 17.4 Å². The van der Waals surface area contributed by atoms with Gasteiger partial charge < -0.3 is 9.15 Å². The van der Waals surface area contributed by atoms with Crippen molar-refractivity contribution in [1.82, 2.24) is 4.90 Å². The Morgan fingerprint density at radius 1 is 1.38 bits per heavy atom. The van der Waals surface area contributed by atoms with E-state index in [4.69, 9.17) is 21.4 Å². The van der Waals surface area contributed by atoms with E-state index < -0.39 is 4.92 Å². The molecule has 1 amide bonds. The molecule has 0 aliphatic carbocycles. The molecule has 1 aromatic carbocycles. The number of non-ortho nitro benzene ring substituents is 1. The summed E-state index contributed by atoms with van der Waals surface area (Å²) in [5.74, 6) is 1.15. The number of benzene rings is 1. The Balaban J connectivity index is 1.95. The molecular formula is C17H14N2O5S2. The number of methoxy groups -OCH3 is 1. The fourth-order valence-corrected chi connectivity index (χ4v) is 3.84. The van der Waals surface area contributed by atoms with Gasteiger partial charge in [0.2, 0.25) is 0 Å². The number of nitrogens with zero attached hydrogens (tertiary/aromatic N) is 2. The Bertz CT molecular complexity index is 935. The van der Waals surface area contributed by atoms with Crippen LogP contribution in [0.4, 0.5) is 5.69 Å². The maximum atomic E-state index is 12.3. The Hall–Kier alpha value is -2.65. The van der Waals surface area contributed by atoms with Crippen LogP contribution in [-0.4, -0.2) is 33.7 Å². The molecular weight excluding hydrogens is 376 g/mol. The summed E-state index contributed by atoms with van der Waals surface area (Å²) in [4.78, 5) is 24.8. The van der Waals surface area contributed by atoms with E-state index in [0.717, 1.165) is 0 Å².